The van der Waals surface area contributed by atoms with E-state index in [2.05, 4.69) is 63.8 Å². The Morgan fingerprint density at radius 3 is 2.46 bits per heavy atom. The first-order valence-electron chi connectivity index (χ1n) is 13.5. The number of likely N-dealkylation sites (N-methyl/N-ethyl adjacent to an activating group) is 2. The summed E-state index contributed by atoms with van der Waals surface area (Å²) in [5, 5.41) is 10.5. The van der Waals surface area contributed by atoms with E-state index in [0.29, 0.717) is 17.8 Å². The number of aliphatic hydroxyl groups is 1. The van der Waals surface area contributed by atoms with Gasteiger partial charge in [0, 0.05) is 56.3 Å². The third-order valence-corrected chi connectivity index (χ3v) is 7.69. The molecule has 2 unspecified atom stereocenters. The molecule has 1 aliphatic heterocycles. The molecular formula is C27H44N6O2. The van der Waals surface area contributed by atoms with Gasteiger partial charge in [-0.05, 0) is 63.4 Å². The summed E-state index contributed by atoms with van der Waals surface area (Å²) in [6.07, 6.45) is 5.70. The van der Waals surface area contributed by atoms with Crippen molar-refractivity contribution in [3.05, 3.63) is 24.0 Å². The fraction of sp³-hybridized carbons (Fsp3) is 0.704. The van der Waals surface area contributed by atoms with Crippen LogP contribution in [0.1, 0.15) is 57.7 Å². The van der Waals surface area contributed by atoms with Gasteiger partial charge in [-0.2, -0.15) is 0 Å². The van der Waals surface area contributed by atoms with Gasteiger partial charge in [0.1, 0.15) is 11.6 Å². The third kappa shape index (κ3) is 6.82. The Labute approximate surface area is 210 Å². The standard InChI is InChI=1S/C18H25N5O.C9H19NO/c1-22(6-7-23-8-10-24-11-9-23)14-4-5-16-15(12-14)17(19)21-18(20-16)13-2-3-13;1-3-10(4-2)8-6-5-7-9(8)11/h4-5,12-13H,2-3,6-11H2,1H3,(H2,19,20,21);8-9,11H,3-7H2,1-2H3. The molecule has 2 heterocycles. The summed E-state index contributed by atoms with van der Waals surface area (Å²) in [7, 11) is 2.12. The number of morpholine rings is 1. The van der Waals surface area contributed by atoms with Gasteiger partial charge in [0.2, 0.25) is 0 Å². The number of rotatable bonds is 8. The van der Waals surface area contributed by atoms with Crippen molar-refractivity contribution >= 4 is 22.4 Å². The van der Waals surface area contributed by atoms with E-state index in [1.165, 1.54) is 25.7 Å². The maximum atomic E-state index is 9.58. The second kappa shape index (κ2) is 12.3. The Morgan fingerprint density at radius 1 is 1.09 bits per heavy atom. The van der Waals surface area contributed by atoms with Crippen LogP contribution in [-0.4, -0.2) is 96.6 Å². The van der Waals surface area contributed by atoms with E-state index in [4.69, 9.17) is 10.5 Å². The first-order chi connectivity index (χ1) is 17.0. The topological polar surface area (TPSA) is 91.0 Å². The minimum atomic E-state index is -0.0603. The number of aliphatic hydroxyl groups excluding tert-OH is 1. The van der Waals surface area contributed by atoms with Crippen LogP contribution >= 0.6 is 0 Å². The van der Waals surface area contributed by atoms with E-state index in [1.807, 2.05) is 0 Å². The summed E-state index contributed by atoms with van der Waals surface area (Å²) < 4.78 is 5.40. The summed E-state index contributed by atoms with van der Waals surface area (Å²) in [6, 6.07) is 6.76. The number of nitrogen functional groups attached to an aromatic ring is 1. The number of fused-ring (bicyclic) bond motifs is 1. The fourth-order valence-electron chi connectivity index (χ4n) is 5.21. The summed E-state index contributed by atoms with van der Waals surface area (Å²) in [5.74, 6) is 2.03. The number of ether oxygens (including phenoxy) is 1. The van der Waals surface area contributed by atoms with E-state index >= 15 is 0 Å². The van der Waals surface area contributed by atoms with Crippen molar-refractivity contribution < 1.29 is 9.84 Å². The third-order valence-electron chi connectivity index (χ3n) is 7.69. The Kier molecular flexibility index (Phi) is 9.16. The number of hydrogen-bond acceptors (Lipinski definition) is 8. The molecule has 1 saturated heterocycles. The first kappa shape index (κ1) is 26.1. The van der Waals surface area contributed by atoms with Crippen LogP contribution in [-0.2, 0) is 4.74 Å². The lowest BCUT2D eigenvalue weighted by Gasteiger charge is -2.29. The zero-order chi connectivity index (χ0) is 24.8. The molecule has 0 radical (unpaired) electrons. The highest BCUT2D eigenvalue weighted by Gasteiger charge is 2.29. The van der Waals surface area contributed by atoms with E-state index in [1.54, 1.807) is 0 Å². The number of aromatic nitrogens is 2. The smallest absolute Gasteiger partial charge is 0.135 e. The van der Waals surface area contributed by atoms with Crippen molar-refractivity contribution in [1.82, 2.24) is 19.8 Å². The van der Waals surface area contributed by atoms with Crippen molar-refractivity contribution in [3.8, 4) is 0 Å². The van der Waals surface area contributed by atoms with E-state index in [-0.39, 0.29) is 6.10 Å². The molecule has 3 N–H and O–H groups in total. The highest BCUT2D eigenvalue weighted by atomic mass is 16.5. The maximum Gasteiger partial charge on any atom is 0.135 e. The average molecular weight is 485 g/mol. The molecule has 35 heavy (non-hydrogen) atoms. The molecule has 0 spiro atoms. The number of benzene rings is 1. The molecule has 1 aromatic heterocycles. The van der Waals surface area contributed by atoms with Gasteiger partial charge < -0.3 is 20.5 Å². The normalized spacial score (nSPS) is 22.9. The quantitative estimate of drug-likeness (QED) is 0.591. The SMILES string of the molecule is CCN(CC)C1CCCC1O.CN(CCN1CCOCC1)c1ccc2nc(C3CC3)nc(N)c2c1. The molecule has 8 heteroatoms. The van der Waals surface area contributed by atoms with Crippen LogP contribution in [0, 0.1) is 0 Å². The van der Waals surface area contributed by atoms with Crippen LogP contribution in [0.15, 0.2) is 18.2 Å². The molecular weight excluding hydrogens is 440 g/mol. The van der Waals surface area contributed by atoms with Crippen molar-refractivity contribution in [1.29, 1.82) is 0 Å². The summed E-state index contributed by atoms with van der Waals surface area (Å²) in [4.78, 5) is 16.3. The lowest BCUT2D eigenvalue weighted by Crippen LogP contribution is -2.40. The number of nitrogens with two attached hydrogens (primary N) is 1. The average Bonchev–Trinajstić information content (AvgIpc) is 3.66. The molecule has 2 atom stereocenters. The molecule has 3 aliphatic rings. The summed E-state index contributed by atoms with van der Waals surface area (Å²) in [6.45, 7) is 12.2. The predicted molar refractivity (Wildman–Crippen MR) is 143 cm³/mol. The summed E-state index contributed by atoms with van der Waals surface area (Å²) in [5.41, 5.74) is 8.30. The number of anilines is 2. The van der Waals surface area contributed by atoms with Crippen LogP contribution in [0.3, 0.4) is 0 Å². The van der Waals surface area contributed by atoms with Gasteiger partial charge in [0.15, 0.2) is 0 Å². The molecule has 2 saturated carbocycles. The van der Waals surface area contributed by atoms with Crippen molar-refractivity contribution in [2.75, 3.05) is 70.2 Å². The second-order valence-electron chi connectivity index (χ2n) is 10.1. The van der Waals surface area contributed by atoms with Gasteiger partial charge in [-0.3, -0.25) is 9.80 Å². The van der Waals surface area contributed by atoms with Gasteiger partial charge >= 0.3 is 0 Å². The van der Waals surface area contributed by atoms with E-state index in [0.717, 1.165) is 81.3 Å². The van der Waals surface area contributed by atoms with E-state index < -0.39 is 0 Å². The Morgan fingerprint density at radius 2 is 1.83 bits per heavy atom. The van der Waals surface area contributed by atoms with Crippen LogP contribution in [0.4, 0.5) is 11.5 Å². The summed E-state index contributed by atoms with van der Waals surface area (Å²) >= 11 is 0. The Balaban J connectivity index is 0.000000221. The Bertz CT molecular complexity index is 943. The lowest BCUT2D eigenvalue weighted by molar-refractivity contribution is 0.0393. The molecule has 3 fully saturated rings. The minimum Gasteiger partial charge on any atom is -0.391 e. The van der Waals surface area contributed by atoms with Crippen molar-refractivity contribution in [2.45, 2.75) is 64.0 Å². The van der Waals surface area contributed by atoms with Gasteiger partial charge in [-0.25, -0.2) is 9.97 Å². The van der Waals surface area contributed by atoms with Gasteiger partial charge in [-0.1, -0.05) is 13.8 Å². The molecule has 5 rings (SSSR count). The molecule has 0 amide bonds. The molecule has 8 nitrogen and oxygen atoms in total. The molecule has 2 aliphatic carbocycles. The van der Waals surface area contributed by atoms with Crippen LogP contribution in [0.5, 0.6) is 0 Å². The highest BCUT2D eigenvalue weighted by Crippen LogP contribution is 2.39. The van der Waals surface area contributed by atoms with Crippen molar-refractivity contribution in [3.63, 3.8) is 0 Å². The molecule has 194 valence electrons. The monoisotopic (exact) mass is 484 g/mol. The zero-order valence-electron chi connectivity index (χ0n) is 21.8. The zero-order valence-corrected chi connectivity index (χ0v) is 21.8. The van der Waals surface area contributed by atoms with Gasteiger partial charge in [0.05, 0.1) is 24.8 Å². The second-order valence-corrected chi connectivity index (χ2v) is 10.1. The largest absolute Gasteiger partial charge is 0.391 e. The number of nitrogens with zero attached hydrogens (tertiary/aromatic N) is 5. The predicted octanol–water partition coefficient (Wildman–Crippen LogP) is 3.10. The molecule has 0 bridgehead atoms. The molecule has 2 aromatic rings. The van der Waals surface area contributed by atoms with Crippen LogP contribution in [0.25, 0.3) is 10.9 Å². The fourth-order valence-corrected chi connectivity index (χ4v) is 5.21. The van der Waals surface area contributed by atoms with Gasteiger partial charge in [0.25, 0.3) is 0 Å². The lowest BCUT2D eigenvalue weighted by atomic mass is 10.2. The Hall–Kier alpha value is -2.00. The maximum absolute atomic E-state index is 9.58. The van der Waals surface area contributed by atoms with Crippen molar-refractivity contribution in [2.24, 2.45) is 0 Å². The minimum absolute atomic E-state index is 0.0603. The molecule has 1 aromatic carbocycles. The van der Waals surface area contributed by atoms with Crippen LogP contribution < -0.4 is 10.6 Å². The highest BCUT2D eigenvalue weighted by molar-refractivity contribution is 5.90. The van der Waals surface area contributed by atoms with Crippen LogP contribution in [0.2, 0.25) is 0 Å². The number of hydrogen-bond donors (Lipinski definition) is 2. The first-order valence-corrected chi connectivity index (χ1v) is 13.5. The van der Waals surface area contributed by atoms with E-state index in [9.17, 15) is 5.11 Å². The van der Waals surface area contributed by atoms with Gasteiger partial charge in [-0.15, -0.1) is 0 Å².